The number of sulfonamides is 2. The maximum atomic E-state index is 13.2. The van der Waals surface area contributed by atoms with Gasteiger partial charge in [-0.1, -0.05) is 0 Å². The van der Waals surface area contributed by atoms with Crippen molar-refractivity contribution in [2.75, 3.05) is 9.44 Å². The van der Waals surface area contributed by atoms with Crippen molar-refractivity contribution in [3.05, 3.63) is 114 Å². The van der Waals surface area contributed by atoms with Gasteiger partial charge in [0.15, 0.2) is 0 Å². The van der Waals surface area contributed by atoms with Crippen LogP contribution in [0.25, 0.3) is 0 Å². The van der Waals surface area contributed by atoms with Crippen molar-refractivity contribution >= 4 is 88.4 Å². The normalized spacial score (nSPS) is 24.5. The van der Waals surface area contributed by atoms with Crippen LogP contribution in [0.3, 0.4) is 0 Å². The van der Waals surface area contributed by atoms with Gasteiger partial charge in [0.25, 0.3) is 31.9 Å². The minimum absolute atomic E-state index is 0.0609. The number of anilines is 2. The Labute approximate surface area is 394 Å². The van der Waals surface area contributed by atoms with Gasteiger partial charge in [-0.05, 0) is 169 Å². The molecule has 26 heteroatoms. The molecular weight excluding hydrogens is 1180 g/mol. The summed E-state index contributed by atoms with van der Waals surface area (Å²) in [6, 6.07) is 15.1. The third kappa shape index (κ3) is 9.51. The summed E-state index contributed by atoms with van der Waals surface area (Å²) in [5.41, 5.74) is -9.63. The highest BCUT2D eigenvalue weighted by atomic mass is 127. The van der Waals surface area contributed by atoms with Crippen LogP contribution < -0.4 is 20.1 Å². The molecule has 0 aromatic heterocycles. The highest BCUT2D eigenvalue weighted by Crippen LogP contribution is 2.74. The van der Waals surface area contributed by atoms with E-state index in [1.807, 2.05) is 45.2 Å². The molecule has 4 aromatic rings. The van der Waals surface area contributed by atoms with Gasteiger partial charge in [-0.2, -0.15) is 52.7 Å². The van der Waals surface area contributed by atoms with E-state index in [0.717, 1.165) is 7.14 Å². The molecule has 6 fully saturated rings. The molecule has 6 aliphatic carbocycles. The lowest BCUT2D eigenvalue weighted by Crippen LogP contribution is -2.78. The molecule has 66 heavy (non-hydrogen) atoms. The molecule has 0 atom stereocenters. The first-order valence-corrected chi connectivity index (χ1v) is 24.0. The van der Waals surface area contributed by atoms with Gasteiger partial charge in [0.05, 0.1) is 33.1 Å². The second-order valence-corrected chi connectivity index (χ2v) is 22.5. The number of carbonyl (C=O) groups is 2. The largest absolute Gasteiger partial charge is 0.416 e. The van der Waals surface area contributed by atoms with Gasteiger partial charge in [0, 0.05) is 29.6 Å². The van der Waals surface area contributed by atoms with Crippen LogP contribution >= 0.6 is 45.2 Å². The molecule has 0 unspecified atom stereocenters. The highest BCUT2D eigenvalue weighted by molar-refractivity contribution is 14.1. The second kappa shape index (κ2) is 16.3. The number of halogens is 14. The van der Waals surface area contributed by atoms with Gasteiger partial charge < -0.3 is 10.6 Å². The summed E-state index contributed by atoms with van der Waals surface area (Å²) < 4.78 is 215. The number of benzene rings is 4. The van der Waals surface area contributed by atoms with Crippen LogP contribution in [-0.4, -0.2) is 52.1 Å². The number of alkyl halides is 12. The molecule has 0 heterocycles. The van der Waals surface area contributed by atoms with E-state index in [1.165, 1.54) is 24.3 Å². The van der Waals surface area contributed by atoms with E-state index in [-0.39, 0.29) is 49.9 Å². The number of hydrogen-bond donors (Lipinski definition) is 4. The van der Waals surface area contributed by atoms with Gasteiger partial charge in [-0.25, -0.2) is 16.8 Å². The average Bonchev–Trinajstić information content (AvgIpc) is 3.13. The Morgan fingerprint density at radius 3 is 1.02 bits per heavy atom. The quantitative estimate of drug-likeness (QED) is 0.0917. The van der Waals surface area contributed by atoms with E-state index in [9.17, 15) is 79.1 Å². The Bertz CT molecular complexity index is 2610. The molecule has 6 saturated carbocycles. The minimum atomic E-state index is -4.88. The third-order valence-electron chi connectivity index (χ3n) is 11.9. The van der Waals surface area contributed by atoms with Gasteiger partial charge in [0.1, 0.15) is 9.79 Å². The van der Waals surface area contributed by atoms with Crippen LogP contribution in [0.2, 0.25) is 0 Å². The fourth-order valence-electron chi connectivity index (χ4n) is 8.73. The zero-order chi connectivity index (χ0) is 48.9. The summed E-state index contributed by atoms with van der Waals surface area (Å²) in [6.45, 7) is 0. The Morgan fingerprint density at radius 2 is 0.758 bits per heavy atom. The molecule has 0 radical (unpaired) electrons. The highest BCUT2D eigenvalue weighted by Gasteiger charge is 2.80. The SMILES string of the molecule is O=C(NC12CC(C(F)(F)F)(C1)C2)c1ccc(C(F)(F)F)cc1S(=O)(=O)Nc1ccc(I)cc1.O=C(NC12CC(C(F)(F)F)(C1)C2)c1ccc(C(F)(F)F)cc1S(=O)(=O)Nc1ccc(I)cc1. The second-order valence-electron chi connectivity index (χ2n) is 16.7. The van der Waals surface area contributed by atoms with E-state index >= 15 is 0 Å². The molecular formula is C40H30F12I2N4O6S2. The van der Waals surface area contributed by atoms with Crippen LogP contribution in [0.15, 0.2) is 94.7 Å². The van der Waals surface area contributed by atoms with Crippen LogP contribution in [0, 0.1) is 18.0 Å². The topological polar surface area (TPSA) is 151 Å². The van der Waals surface area contributed by atoms with Crippen molar-refractivity contribution < 1.29 is 79.1 Å². The fraction of sp³-hybridized carbons (Fsp3) is 0.350. The first kappa shape index (κ1) is 49.8. The van der Waals surface area contributed by atoms with Gasteiger partial charge >= 0.3 is 24.7 Å². The predicted molar refractivity (Wildman–Crippen MR) is 228 cm³/mol. The molecule has 0 saturated heterocycles. The Hall–Kier alpha value is -4.06. The maximum Gasteiger partial charge on any atom is 0.416 e. The van der Waals surface area contributed by atoms with Crippen LogP contribution in [-0.2, 0) is 32.4 Å². The Balaban J connectivity index is 0.000000196. The van der Waals surface area contributed by atoms with Gasteiger partial charge in [0.2, 0.25) is 0 Å². The summed E-state index contributed by atoms with van der Waals surface area (Å²) in [5.74, 6) is -2.11. The molecule has 10 rings (SSSR count). The lowest BCUT2D eigenvalue weighted by molar-refractivity contribution is -0.336. The van der Waals surface area contributed by atoms with E-state index in [4.69, 9.17) is 0 Å². The number of nitrogens with one attached hydrogen (secondary N) is 4. The van der Waals surface area contributed by atoms with E-state index in [0.29, 0.717) is 36.4 Å². The van der Waals surface area contributed by atoms with Crippen molar-refractivity contribution in [1.29, 1.82) is 0 Å². The summed E-state index contributed by atoms with van der Waals surface area (Å²) >= 11 is 3.96. The van der Waals surface area contributed by atoms with Crippen molar-refractivity contribution in [2.24, 2.45) is 10.8 Å². The lowest BCUT2D eigenvalue weighted by atomic mass is 9.39. The van der Waals surface area contributed by atoms with E-state index < -0.39 is 111 Å². The third-order valence-corrected chi connectivity index (χ3v) is 16.2. The lowest BCUT2D eigenvalue weighted by Gasteiger charge is -2.70. The van der Waals surface area contributed by atoms with Gasteiger partial charge in [-0.3, -0.25) is 19.0 Å². The van der Waals surface area contributed by atoms with Crippen LogP contribution in [0.5, 0.6) is 0 Å². The maximum absolute atomic E-state index is 13.2. The number of hydrogen-bond acceptors (Lipinski definition) is 6. The van der Waals surface area contributed by atoms with E-state index in [2.05, 4.69) is 20.1 Å². The first-order chi connectivity index (χ1) is 30.1. The predicted octanol–water partition coefficient (Wildman–Crippen LogP) is 10.7. The Kier molecular flexibility index (Phi) is 12.3. The summed E-state index contributed by atoms with van der Waals surface area (Å²) in [7, 11) is -9.29. The standard InChI is InChI=1S/2C20H15F6IN2O3S/c2*21-19(22,23)11-1-6-14(16(30)28-18-8-17(9-18,10-18)20(24,25)26)15(7-11)33(31,32)29-13-4-2-12(27)3-5-13/h2*1-7,29H,8-10H2,(H,28,30). The summed E-state index contributed by atoms with van der Waals surface area (Å²) in [6.07, 6.45) is -20.7. The number of carbonyl (C=O) groups excluding carboxylic acids is 2. The number of amides is 2. The molecule has 6 aliphatic rings. The van der Waals surface area contributed by atoms with Crippen molar-refractivity contribution in [3.63, 3.8) is 0 Å². The Morgan fingerprint density at radius 1 is 0.470 bits per heavy atom. The summed E-state index contributed by atoms with van der Waals surface area (Å²) in [5, 5.41) is 4.80. The molecule has 2 amide bonds. The molecule has 356 valence electrons. The monoisotopic (exact) mass is 1210 g/mol. The zero-order valence-corrected chi connectivity index (χ0v) is 38.8. The average molecular weight is 1210 g/mol. The van der Waals surface area contributed by atoms with E-state index in [1.54, 1.807) is 24.3 Å². The minimum Gasteiger partial charge on any atom is -0.346 e. The smallest absolute Gasteiger partial charge is 0.346 e. The van der Waals surface area contributed by atoms with Crippen LogP contribution in [0.4, 0.5) is 64.1 Å². The van der Waals surface area contributed by atoms with Crippen LogP contribution in [0.1, 0.15) is 70.4 Å². The molecule has 4 N–H and O–H groups in total. The van der Waals surface area contributed by atoms with Crippen molar-refractivity contribution in [1.82, 2.24) is 10.6 Å². The fourth-order valence-corrected chi connectivity index (χ4v) is 12.0. The zero-order valence-electron chi connectivity index (χ0n) is 32.9. The molecule has 0 spiro atoms. The number of rotatable bonds is 10. The van der Waals surface area contributed by atoms with Crippen molar-refractivity contribution in [2.45, 2.75) is 84.1 Å². The molecule has 4 bridgehead atoms. The molecule has 0 aliphatic heterocycles. The molecule has 10 nitrogen and oxygen atoms in total. The summed E-state index contributed by atoms with van der Waals surface area (Å²) in [4.78, 5) is 23.7. The molecule has 4 aromatic carbocycles. The van der Waals surface area contributed by atoms with Gasteiger partial charge in [-0.15, -0.1) is 0 Å². The van der Waals surface area contributed by atoms with Crippen molar-refractivity contribution in [3.8, 4) is 0 Å². The first-order valence-electron chi connectivity index (χ1n) is 18.9.